The highest BCUT2D eigenvalue weighted by Crippen LogP contribution is 2.05. The third kappa shape index (κ3) is 1.55. The van der Waals surface area contributed by atoms with Crippen LogP contribution in [-0.4, -0.2) is 9.97 Å². The molecule has 0 unspecified atom stereocenters. The fourth-order valence-corrected chi connectivity index (χ4v) is 0.704. The summed E-state index contributed by atoms with van der Waals surface area (Å²) in [5, 5.41) is 0. The van der Waals surface area contributed by atoms with E-state index >= 15 is 0 Å². The van der Waals surface area contributed by atoms with Crippen molar-refractivity contribution in [2.24, 2.45) is 0 Å². The number of pyridine rings is 1. The molecule has 0 aliphatic rings. The summed E-state index contributed by atoms with van der Waals surface area (Å²) in [5.41, 5.74) is 1.40. The van der Waals surface area contributed by atoms with Gasteiger partial charge in [0.05, 0.1) is 0 Å². The van der Waals surface area contributed by atoms with E-state index in [0.29, 0.717) is 5.65 Å². The molecule has 11 heavy (non-hydrogen) atoms. The SMILES string of the molecule is CC.c1cnc2ncoc2c1. The Labute approximate surface area is 65.1 Å². The first-order valence-corrected chi connectivity index (χ1v) is 3.61. The topological polar surface area (TPSA) is 38.9 Å². The molecule has 0 radical (unpaired) electrons. The standard InChI is InChI=1S/C6H4N2O.C2H6/c1-2-5-6(7-3-1)8-4-9-5;1-2/h1-4H;1-2H3. The summed E-state index contributed by atoms with van der Waals surface area (Å²) >= 11 is 0. The van der Waals surface area contributed by atoms with Gasteiger partial charge in [0.15, 0.2) is 17.6 Å². The highest BCUT2D eigenvalue weighted by atomic mass is 16.3. The predicted octanol–water partition coefficient (Wildman–Crippen LogP) is 2.25. The molecule has 3 heteroatoms. The van der Waals surface area contributed by atoms with Gasteiger partial charge in [-0.1, -0.05) is 13.8 Å². The Balaban J connectivity index is 0.000000281. The average molecular weight is 150 g/mol. The molecule has 0 spiro atoms. The zero-order valence-electron chi connectivity index (χ0n) is 6.61. The summed E-state index contributed by atoms with van der Waals surface area (Å²) in [4.78, 5) is 7.78. The maximum atomic E-state index is 4.94. The van der Waals surface area contributed by atoms with Crippen molar-refractivity contribution in [1.82, 2.24) is 9.97 Å². The van der Waals surface area contributed by atoms with Crippen LogP contribution in [0.5, 0.6) is 0 Å². The van der Waals surface area contributed by atoms with Crippen LogP contribution in [0.1, 0.15) is 13.8 Å². The van der Waals surface area contributed by atoms with Gasteiger partial charge in [-0.15, -0.1) is 0 Å². The van der Waals surface area contributed by atoms with Crippen molar-refractivity contribution in [2.75, 3.05) is 0 Å². The highest BCUT2D eigenvalue weighted by Gasteiger charge is 1.93. The lowest BCUT2D eigenvalue weighted by atomic mass is 10.5. The lowest BCUT2D eigenvalue weighted by Gasteiger charge is -1.78. The van der Waals surface area contributed by atoms with E-state index in [1.165, 1.54) is 6.39 Å². The molecule has 0 atom stereocenters. The van der Waals surface area contributed by atoms with Crippen LogP contribution in [0.4, 0.5) is 0 Å². The molecule has 58 valence electrons. The summed E-state index contributed by atoms with van der Waals surface area (Å²) in [7, 11) is 0. The van der Waals surface area contributed by atoms with Crippen molar-refractivity contribution in [3.63, 3.8) is 0 Å². The van der Waals surface area contributed by atoms with Crippen molar-refractivity contribution in [1.29, 1.82) is 0 Å². The van der Waals surface area contributed by atoms with Gasteiger partial charge in [-0.3, -0.25) is 0 Å². The molecule has 0 bridgehead atoms. The van der Waals surface area contributed by atoms with Crippen LogP contribution in [0.2, 0.25) is 0 Å². The molecule has 3 nitrogen and oxygen atoms in total. The monoisotopic (exact) mass is 150 g/mol. The molecule has 0 fully saturated rings. The number of fused-ring (bicyclic) bond motifs is 1. The van der Waals surface area contributed by atoms with Crippen molar-refractivity contribution < 1.29 is 4.42 Å². The lowest BCUT2D eigenvalue weighted by molar-refractivity contribution is 0.602. The number of rotatable bonds is 0. The Morgan fingerprint density at radius 3 is 2.82 bits per heavy atom. The van der Waals surface area contributed by atoms with Crippen LogP contribution in [-0.2, 0) is 0 Å². The maximum Gasteiger partial charge on any atom is 0.198 e. The van der Waals surface area contributed by atoms with Gasteiger partial charge in [-0.05, 0) is 12.1 Å². The third-order valence-corrected chi connectivity index (χ3v) is 1.11. The van der Waals surface area contributed by atoms with Crippen molar-refractivity contribution in [3.8, 4) is 0 Å². The Bertz CT molecular complexity index is 286. The first-order valence-electron chi connectivity index (χ1n) is 3.61. The maximum absolute atomic E-state index is 4.94. The van der Waals surface area contributed by atoms with Crippen molar-refractivity contribution in [3.05, 3.63) is 24.7 Å². The summed E-state index contributed by atoms with van der Waals surface area (Å²) < 4.78 is 4.94. The summed E-state index contributed by atoms with van der Waals surface area (Å²) in [5.74, 6) is 0. The summed E-state index contributed by atoms with van der Waals surface area (Å²) in [6.07, 6.45) is 3.07. The molecule has 2 aromatic heterocycles. The molecule has 0 aromatic carbocycles. The van der Waals surface area contributed by atoms with Crippen molar-refractivity contribution in [2.45, 2.75) is 13.8 Å². The second kappa shape index (κ2) is 3.71. The number of hydrogen-bond donors (Lipinski definition) is 0. The van der Waals surface area contributed by atoms with Crippen LogP contribution in [0.15, 0.2) is 29.1 Å². The number of hydrogen-bond acceptors (Lipinski definition) is 3. The first kappa shape index (κ1) is 7.72. The molecule has 0 N–H and O–H groups in total. The largest absolute Gasteiger partial charge is 0.442 e. The van der Waals surface area contributed by atoms with E-state index in [1.54, 1.807) is 6.20 Å². The van der Waals surface area contributed by atoms with Gasteiger partial charge >= 0.3 is 0 Å². The van der Waals surface area contributed by atoms with E-state index in [9.17, 15) is 0 Å². The van der Waals surface area contributed by atoms with E-state index in [-0.39, 0.29) is 0 Å². The van der Waals surface area contributed by atoms with E-state index in [1.807, 2.05) is 26.0 Å². The quantitative estimate of drug-likeness (QED) is 0.578. The first-order chi connectivity index (χ1) is 5.47. The minimum atomic E-state index is 0.664. The average Bonchev–Trinajstić information content (AvgIpc) is 2.55. The number of nitrogens with zero attached hydrogens (tertiary/aromatic N) is 2. The molecule has 0 amide bonds. The van der Waals surface area contributed by atoms with Crippen LogP contribution in [0.3, 0.4) is 0 Å². The van der Waals surface area contributed by atoms with Gasteiger partial charge in [-0.2, -0.15) is 4.98 Å². The van der Waals surface area contributed by atoms with Gasteiger partial charge < -0.3 is 4.42 Å². The molecule has 0 aliphatic carbocycles. The molecule has 0 aliphatic heterocycles. The molecular weight excluding hydrogens is 140 g/mol. The number of aromatic nitrogens is 2. The van der Waals surface area contributed by atoms with E-state index in [4.69, 9.17) is 4.42 Å². The van der Waals surface area contributed by atoms with Gasteiger partial charge in [0.1, 0.15) is 0 Å². The highest BCUT2D eigenvalue weighted by molar-refractivity contribution is 5.65. The molecular formula is C8H10N2O. The Kier molecular flexibility index (Phi) is 2.60. The normalized spacial score (nSPS) is 8.91. The Morgan fingerprint density at radius 2 is 2.09 bits per heavy atom. The molecule has 2 rings (SSSR count). The van der Waals surface area contributed by atoms with Crippen molar-refractivity contribution >= 4 is 11.2 Å². The fraction of sp³-hybridized carbons (Fsp3) is 0.250. The minimum Gasteiger partial charge on any atom is -0.442 e. The van der Waals surface area contributed by atoms with E-state index in [2.05, 4.69) is 9.97 Å². The smallest absolute Gasteiger partial charge is 0.198 e. The van der Waals surface area contributed by atoms with Gasteiger partial charge in [-0.25, -0.2) is 4.98 Å². The van der Waals surface area contributed by atoms with Gasteiger partial charge in [0.25, 0.3) is 0 Å². The second-order valence-corrected chi connectivity index (χ2v) is 1.68. The molecule has 0 saturated carbocycles. The van der Waals surface area contributed by atoms with E-state index in [0.717, 1.165) is 5.58 Å². The fourth-order valence-electron chi connectivity index (χ4n) is 0.704. The predicted molar refractivity (Wildman–Crippen MR) is 43.2 cm³/mol. The third-order valence-electron chi connectivity index (χ3n) is 1.11. The van der Waals surface area contributed by atoms with Crippen LogP contribution < -0.4 is 0 Å². The summed E-state index contributed by atoms with van der Waals surface area (Å²) in [6, 6.07) is 3.64. The van der Waals surface area contributed by atoms with Crippen LogP contribution in [0, 0.1) is 0 Å². The zero-order valence-corrected chi connectivity index (χ0v) is 6.61. The van der Waals surface area contributed by atoms with Gasteiger partial charge in [0.2, 0.25) is 0 Å². The van der Waals surface area contributed by atoms with Crippen LogP contribution in [0.25, 0.3) is 11.2 Å². The minimum absolute atomic E-state index is 0.664. The zero-order chi connectivity index (χ0) is 8.10. The molecule has 0 saturated heterocycles. The van der Waals surface area contributed by atoms with E-state index < -0.39 is 0 Å². The second-order valence-electron chi connectivity index (χ2n) is 1.68. The Morgan fingerprint density at radius 1 is 1.27 bits per heavy atom. The lowest BCUT2D eigenvalue weighted by Crippen LogP contribution is -1.70. The van der Waals surface area contributed by atoms with Gasteiger partial charge in [0, 0.05) is 6.20 Å². The number of oxazole rings is 1. The molecule has 2 heterocycles. The Hall–Kier alpha value is -1.38. The molecule has 2 aromatic rings. The van der Waals surface area contributed by atoms with Crippen LogP contribution >= 0.6 is 0 Å². The summed E-state index contributed by atoms with van der Waals surface area (Å²) in [6.45, 7) is 4.00.